The molecule has 24 heavy (non-hydrogen) atoms. The summed E-state index contributed by atoms with van der Waals surface area (Å²) in [6, 6.07) is 15.3. The summed E-state index contributed by atoms with van der Waals surface area (Å²) in [4.78, 5) is 12.4. The molecule has 4 nitrogen and oxygen atoms in total. The fourth-order valence-corrected chi connectivity index (χ4v) is 3.21. The lowest BCUT2D eigenvalue weighted by Gasteiger charge is -2.10. The summed E-state index contributed by atoms with van der Waals surface area (Å²) in [6.07, 6.45) is 0. The molecule has 1 heterocycles. The molecule has 1 aromatic heterocycles. The number of hydrogen-bond acceptors (Lipinski definition) is 4. The first-order valence-corrected chi connectivity index (χ1v) is 8.35. The summed E-state index contributed by atoms with van der Waals surface area (Å²) in [5.74, 6) is 0.330. The molecule has 0 spiro atoms. The van der Waals surface area contributed by atoms with Crippen LogP contribution in [0.15, 0.2) is 59.8 Å². The molecule has 3 rings (SSSR count). The van der Waals surface area contributed by atoms with Gasteiger partial charge in [0.2, 0.25) is 0 Å². The predicted octanol–water partition coefficient (Wildman–Crippen LogP) is 3.98. The summed E-state index contributed by atoms with van der Waals surface area (Å²) >= 11 is 1.34. The highest BCUT2D eigenvalue weighted by molar-refractivity contribution is 8.00. The highest BCUT2D eigenvalue weighted by atomic mass is 32.2. The van der Waals surface area contributed by atoms with Gasteiger partial charge < -0.3 is 4.57 Å². The molecule has 0 N–H and O–H groups in total. The molecule has 0 aliphatic heterocycles. The van der Waals surface area contributed by atoms with Gasteiger partial charge in [-0.25, -0.2) is 4.39 Å². The Hall–Kier alpha value is -2.47. The van der Waals surface area contributed by atoms with E-state index in [-0.39, 0.29) is 16.9 Å². The van der Waals surface area contributed by atoms with Crippen LogP contribution in [0.4, 0.5) is 4.39 Å². The maximum absolute atomic E-state index is 13.0. The second-order valence-electron chi connectivity index (χ2n) is 5.36. The van der Waals surface area contributed by atoms with E-state index >= 15 is 0 Å². The van der Waals surface area contributed by atoms with Crippen LogP contribution < -0.4 is 0 Å². The van der Waals surface area contributed by atoms with E-state index in [0.717, 1.165) is 11.4 Å². The number of hydrogen-bond donors (Lipinski definition) is 0. The molecule has 1 atom stereocenters. The number of benzene rings is 2. The smallest absolute Gasteiger partial charge is 0.191 e. The Kier molecular flexibility index (Phi) is 4.76. The van der Waals surface area contributed by atoms with Crippen molar-refractivity contribution in [3.05, 3.63) is 66.0 Å². The summed E-state index contributed by atoms with van der Waals surface area (Å²) in [7, 11) is 1.87. The average Bonchev–Trinajstić information content (AvgIpc) is 2.96. The van der Waals surface area contributed by atoms with Gasteiger partial charge in [0.15, 0.2) is 16.8 Å². The third kappa shape index (κ3) is 3.38. The fourth-order valence-electron chi connectivity index (χ4n) is 2.32. The van der Waals surface area contributed by atoms with E-state index in [1.165, 1.54) is 36.0 Å². The van der Waals surface area contributed by atoms with Crippen molar-refractivity contribution in [1.82, 2.24) is 14.8 Å². The standard InChI is InChI=1S/C18H16FN3OS/c1-12(16(23)13-8-10-15(19)11-9-13)24-18-21-20-17(22(18)2)14-6-4-3-5-7-14/h3-12H,1-2H3/t12-/m0/s1. The first-order chi connectivity index (χ1) is 11.6. The van der Waals surface area contributed by atoms with Gasteiger partial charge in [-0.05, 0) is 31.2 Å². The molecule has 0 bridgehead atoms. The summed E-state index contributed by atoms with van der Waals surface area (Å²) in [5, 5.41) is 8.72. The number of aromatic nitrogens is 3. The van der Waals surface area contributed by atoms with Gasteiger partial charge in [0.25, 0.3) is 0 Å². The van der Waals surface area contributed by atoms with Crippen LogP contribution in [-0.2, 0) is 7.05 Å². The van der Waals surface area contributed by atoms with Crippen LogP contribution in [0.1, 0.15) is 17.3 Å². The molecular weight excluding hydrogens is 325 g/mol. The van der Waals surface area contributed by atoms with Gasteiger partial charge in [0.05, 0.1) is 5.25 Å². The highest BCUT2D eigenvalue weighted by Crippen LogP contribution is 2.27. The molecule has 0 aliphatic rings. The van der Waals surface area contributed by atoms with Crippen LogP contribution >= 0.6 is 11.8 Å². The first-order valence-electron chi connectivity index (χ1n) is 7.47. The SMILES string of the molecule is C[C@H](Sc1nnc(-c2ccccc2)n1C)C(=O)c1ccc(F)cc1. The van der Waals surface area contributed by atoms with E-state index < -0.39 is 0 Å². The Morgan fingerprint density at radius 3 is 2.42 bits per heavy atom. The van der Waals surface area contributed by atoms with E-state index in [4.69, 9.17) is 0 Å². The summed E-state index contributed by atoms with van der Waals surface area (Å²) in [6.45, 7) is 1.81. The number of ketones is 1. The normalized spacial score (nSPS) is 12.1. The molecule has 0 fully saturated rings. The van der Waals surface area contributed by atoms with E-state index in [1.807, 2.05) is 48.9 Å². The molecule has 2 aromatic carbocycles. The fraction of sp³-hybridized carbons (Fsp3) is 0.167. The zero-order valence-corrected chi connectivity index (χ0v) is 14.1. The van der Waals surface area contributed by atoms with Crippen molar-refractivity contribution < 1.29 is 9.18 Å². The Morgan fingerprint density at radius 1 is 1.08 bits per heavy atom. The summed E-state index contributed by atoms with van der Waals surface area (Å²) in [5.41, 5.74) is 1.46. The van der Waals surface area contributed by atoms with Crippen molar-refractivity contribution in [2.45, 2.75) is 17.3 Å². The molecule has 0 aliphatic carbocycles. The molecule has 0 saturated heterocycles. The van der Waals surface area contributed by atoms with Crippen molar-refractivity contribution in [2.75, 3.05) is 0 Å². The van der Waals surface area contributed by atoms with Gasteiger partial charge in [-0.3, -0.25) is 4.79 Å². The van der Waals surface area contributed by atoms with Crippen molar-refractivity contribution in [3.8, 4) is 11.4 Å². The first kappa shape index (κ1) is 16.4. The molecule has 0 unspecified atom stereocenters. The predicted molar refractivity (Wildman–Crippen MR) is 92.5 cm³/mol. The quantitative estimate of drug-likeness (QED) is 0.520. The number of Topliss-reactive ketones (excluding diaryl/α,β-unsaturated/α-hetero) is 1. The lowest BCUT2D eigenvalue weighted by atomic mass is 10.1. The number of rotatable bonds is 5. The molecular formula is C18H16FN3OS. The number of carbonyl (C=O) groups excluding carboxylic acids is 1. The zero-order valence-electron chi connectivity index (χ0n) is 13.3. The van der Waals surface area contributed by atoms with Crippen LogP contribution in [0.5, 0.6) is 0 Å². The Balaban J connectivity index is 1.78. The van der Waals surface area contributed by atoms with Crippen LogP contribution in [0.2, 0.25) is 0 Å². The monoisotopic (exact) mass is 341 g/mol. The van der Waals surface area contributed by atoms with Gasteiger partial charge in [-0.15, -0.1) is 10.2 Å². The molecule has 0 saturated carbocycles. The topological polar surface area (TPSA) is 47.8 Å². The van der Waals surface area contributed by atoms with E-state index in [9.17, 15) is 9.18 Å². The molecule has 0 radical (unpaired) electrons. The van der Waals surface area contributed by atoms with Crippen LogP contribution in [0.3, 0.4) is 0 Å². The van der Waals surface area contributed by atoms with Crippen LogP contribution in [0.25, 0.3) is 11.4 Å². The molecule has 0 amide bonds. The number of nitrogens with zero attached hydrogens (tertiary/aromatic N) is 3. The highest BCUT2D eigenvalue weighted by Gasteiger charge is 2.20. The minimum absolute atomic E-state index is 0.0655. The third-order valence-corrected chi connectivity index (χ3v) is 4.78. The van der Waals surface area contributed by atoms with Crippen molar-refractivity contribution in [1.29, 1.82) is 0 Å². The Labute approximate surface area is 143 Å². The zero-order chi connectivity index (χ0) is 17.1. The van der Waals surface area contributed by atoms with Crippen LogP contribution in [-0.4, -0.2) is 25.8 Å². The van der Waals surface area contributed by atoms with Crippen LogP contribution in [0, 0.1) is 5.82 Å². The van der Waals surface area contributed by atoms with Gasteiger partial charge in [0.1, 0.15) is 5.82 Å². The van der Waals surface area contributed by atoms with E-state index in [1.54, 1.807) is 0 Å². The lowest BCUT2D eigenvalue weighted by Crippen LogP contribution is -2.14. The molecule has 6 heteroatoms. The van der Waals surface area contributed by atoms with Gasteiger partial charge >= 0.3 is 0 Å². The second-order valence-corrected chi connectivity index (χ2v) is 6.67. The van der Waals surface area contributed by atoms with Gasteiger partial charge in [-0.2, -0.15) is 0 Å². The maximum atomic E-state index is 13.0. The minimum Gasteiger partial charge on any atom is -0.305 e. The number of carbonyl (C=O) groups is 1. The van der Waals surface area contributed by atoms with Gasteiger partial charge in [-0.1, -0.05) is 42.1 Å². The Morgan fingerprint density at radius 2 is 1.75 bits per heavy atom. The lowest BCUT2D eigenvalue weighted by molar-refractivity contribution is 0.0994. The molecule has 122 valence electrons. The Bertz CT molecular complexity index is 846. The van der Waals surface area contributed by atoms with E-state index in [0.29, 0.717) is 10.7 Å². The maximum Gasteiger partial charge on any atom is 0.191 e. The third-order valence-electron chi connectivity index (χ3n) is 3.65. The second kappa shape index (κ2) is 6.97. The minimum atomic E-state index is -0.354. The van der Waals surface area contributed by atoms with Crippen molar-refractivity contribution in [3.63, 3.8) is 0 Å². The average molecular weight is 341 g/mol. The largest absolute Gasteiger partial charge is 0.305 e. The molecule has 3 aromatic rings. The summed E-state index contributed by atoms with van der Waals surface area (Å²) < 4.78 is 14.8. The number of halogens is 1. The van der Waals surface area contributed by atoms with Crippen molar-refractivity contribution >= 4 is 17.5 Å². The van der Waals surface area contributed by atoms with E-state index in [2.05, 4.69) is 10.2 Å². The number of thioether (sulfide) groups is 1. The van der Waals surface area contributed by atoms with Gasteiger partial charge in [0, 0.05) is 18.2 Å². The van der Waals surface area contributed by atoms with Crippen molar-refractivity contribution in [2.24, 2.45) is 7.05 Å².